The molecule has 37 heavy (non-hydrogen) atoms. The van der Waals surface area contributed by atoms with Crippen LogP contribution in [0.25, 0.3) is 0 Å². The summed E-state index contributed by atoms with van der Waals surface area (Å²) < 4.78 is 10.1. The van der Waals surface area contributed by atoms with E-state index in [-0.39, 0.29) is 24.4 Å². The van der Waals surface area contributed by atoms with Crippen LogP contribution in [0.15, 0.2) is 18.2 Å². The normalized spacial score (nSPS) is 15.3. The van der Waals surface area contributed by atoms with Crippen LogP contribution in [0.1, 0.15) is 83.0 Å². The number of hydrogen-bond donors (Lipinski definition) is 2. The van der Waals surface area contributed by atoms with Crippen molar-refractivity contribution < 1.29 is 28.7 Å². The van der Waals surface area contributed by atoms with Crippen molar-refractivity contribution in [2.75, 3.05) is 13.7 Å². The Hall–Kier alpha value is -3.10. The highest BCUT2D eigenvalue weighted by atomic mass is 16.6. The van der Waals surface area contributed by atoms with Gasteiger partial charge in [0.15, 0.2) is 0 Å². The number of benzene rings is 1. The summed E-state index contributed by atoms with van der Waals surface area (Å²) in [6.45, 7) is 12.8. The number of rotatable bonds is 10. The van der Waals surface area contributed by atoms with E-state index < -0.39 is 35.7 Å². The Kier molecular flexibility index (Phi) is 10.5. The lowest BCUT2D eigenvalue weighted by molar-refractivity contribution is -0.148. The first-order valence-electron chi connectivity index (χ1n) is 13.0. The summed E-state index contributed by atoms with van der Waals surface area (Å²) >= 11 is 0. The lowest BCUT2D eigenvalue weighted by Gasteiger charge is -2.44. The highest BCUT2D eigenvalue weighted by Gasteiger charge is 2.42. The molecule has 0 saturated heterocycles. The first-order chi connectivity index (χ1) is 17.2. The molecule has 0 aliphatic heterocycles. The molecular formula is C28H43N3O6. The quantitative estimate of drug-likeness (QED) is 0.454. The summed E-state index contributed by atoms with van der Waals surface area (Å²) in [7, 11) is 1.25. The zero-order chi connectivity index (χ0) is 27.9. The van der Waals surface area contributed by atoms with Gasteiger partial charge in [0, 0.05) is 6.04 Å². The van der Waals surface area contributed by atoms with E-state index in [1.54, 1.807) is 25.7 Å². The van der Waals surface area contributed by atoms with Crippen molar-refractivity contribution in [2.45, 2.75) is 97.9 Å². The summed E-state index contributed by atoms with van der Waals surface area (Å²) in [6, 6.07) is 3.63. The zero-order valence-electron chi connectivity index (χ0n) is 23.5. The topological polar surface area (TPSA) is 114 Å². The van der Waals surface area contributed by atoms with E-state index in [1.165, 1.54) is 7.11 Å². The zero-order valence-corrected chi connectivity index (χ0v) is 23.5. The van der Waals surface area contributed by atoms with E-state index in [2.05, 4.69) is 15.4 Å². The molecule has 3 amide bonds. The van der Waals surface area contributed by atoms with Gasteiger partial charge in [-0.05, 0) is 82.9 Å². The molecule has 9 nitrogen and oxygen atoms in total. The summed E-state index contributed by atoms with van der Waals surface area (Å²) in [5, 5.41) is 5.39. The fraction of sp³-hybridized carbons (Fsp3) is 0.643. The Bertz CT molecular complexity index is 981. The Morgan fingerprint density at radius 2 is 1.73 bits per heavy atom. The molecule has 1 aliphatic rings. The molecular weight excluding hydrogens is 474 g/mol. The number of esters is 1. The Labute approximate surface area is 220 Å². The second kappa shape index (κ2) is 12.9. The van der Waals surface area contributed by atoms with Crippen molar-refractivity contribution in [2.24, 2.45) is 5.92 Å². The summed E-state index contributed by atoms with van der Waals surface area (Å²) in [5.74, 6) is -1.31. The first-order valence-corrected chi connectivity index (χ1v) is 13.0. The third-order valence-electron chi connectivity index (χ3n) is 6.43. The molecule has 1 aromatic rings. The molecule has 0 bridgehead atoms. The van der Waals surface area contributed by atoms with Crippen LogP contribution in [-0.4, -0.2) is 60.1 Å². The SMILES string of the molecule is COC(=O)CNC(=O)C(c1ccc(C)c(C)c1)N(C(=O)C(CC(C)C)NC(=O)OC(C)(C)C)C1CCC1. The molecule has 1 aliphatic carbocycles. The molecule has 206 valence electrons. The van der Waals surface area contributed by atoms with Gasteiger partial charge >= 0.3 is 12.1 Å². The monoisotopic (exact) mass is 517 g/mol. The molecule has 2 N–H and O–H groups in total. The van der Waals surface area contributed by atoms with Gasteiger partial charge in [-0.15, -0.1) is 0 Å². The van der Waals surface area contributed by atoms with Gasteiger partial charge in [-0.2, -0.15) is 0 Å². The van der Waals surface area contributed by atoms with E-state index in [0.29, 0.717) is 12.0 Å². The number of methoxy groups -OCH3 is 1. The number of carbonyl (C=O) groups excluding carboxylic acids is 4. The summed E-state index contributed by atoms with van der Waals surface area (Å²) in [5.41, 5.74) is 1.96. The van der Waals surface area contributed by atoms with Crippen LogP contribution in [0.4, 0.5) is 4.79 Å². The number of carbonyl (C=O) groups is 4. The smallest absolute Gasteiger partial charge is 0.408 e. The van der Waals surface area contributed by atoms with Gasteiger partial charge in [0.05, 0.1) is 7.11 Å². The number of nitrogens with zero attached hydrogens (tertiary/aromatic N) is 1. The van der Waals surface area contributed by atoms with Crippen molar-refractivity contribution in [3.63, 3.8) is 0 Å². The highest BCUT2D eigenvalue weighted by molar-refractivity contribution is 5.93. The van der Waals surface area contributed by atoms with E-state index in [4.69, 9.17) is 4.74 Å². The van der Waals surface area contributed by atoms with Gasteiger partial charge in [0.2, 0.25) is 11.8 Å². The molecule has 0 aromatic heterocycles. The average molecular weight is 518 g/mol. The van der Waals surface area contributed by atoms with E-state index in [1.807, 2.05) is 45.9 Å². The average Bonchev–Trinajstić information content (AvgIpc) is 2.75. The van der Waals surface area contributed by atoms with Crippen molar-refractivity contribution in [3.05, 3.63) is 34.9 Å². The fourth-order valence-corrected chi connectivity index (χ4v) is 4.21. The maximum atomic E-state index is 14.2. The van der Waals surface area contributed by atoms with Crippen LogP contribution >= 0.6 is 0 Å². The lowest BCUT2D eigenvalue weighted by atomic mass is 9.87. The summed E-state index contributed by atoms with van der Waals surface area (Å²) in [6.07, 6.45) is 2.13. The van der Waals surface area contributed by atoms with Crippen LogP contribution < -0.4 is 10.6 Å². The third-order valence-corrected chi connectivity index (χ3v) is 6.43. The van der Waals surface area contributed by atoms with Crippen LogP contribution in [0, 0.1) is 19.8 Å². The molecule has 1 saturated carbocycles. The lowest BCUT2D eigenvalue weighted by Crippen LogP contribution is -2.58. The minimum atomic E-state index is -0.975. The molecule has 1 fully saturated rings. The Morgan fingerprint density at radius 3 is 2.22 bits per heavy atom. The number of aryl methyl sites for hydroxylation is 2. The molecule has 9 heteroatoms. The van der Waals surface area contributed by atoms with Crippen molar-refractivity contribution >= 4 is 23.9 Å². The molecule has 2 unspecified atom stereocenters. The van der Waals surface area contributed by atoms with Crippen LogP contribution in [0.2, 0.25) is 0 Å². The second-order valence-electron chi connectivity index (χ2n) is 11.2. The number of hydrogen-bond acceptors (Lipinski definition) is 6. The standard InChI is InChI=1S/C28H43N3O6/c1-17(2)14-22(30-27(35)37-28(5,6)7)26(34)31(21-10-9-11-21)24(25(33)29-16-23(32)36-8)20-13-12-18(3)19(4)15-20/h12-13,15,17,21-22,24H,9-11,14,16H2,1-8H3,(H,29,33)(H,30,35). The number of nitrogens with one attached hydrogen (secondary N) is 2. The van der Waals surface area contributed by atoms with Crippen molar-refractivity contribution in [1.29, 1.82) is 0 Å². The molecule has 0 radical (unpaired) electrons. The van der Waals surface area contributed by atoms with Gasteiger partial charge in [0.1, 0.15) is 24.2 Å². The van der Waals surface area contributed by atoms with Crippen LogP contribution in [0.3, 0.4) is 0 Å². The van der Waals surface area contributed by atoms with Crippen LogP contribution in [0.5, 0.6) is 0 Å². The number of alkyl carbamates (subject to hydrolysis) is 1. The van der Waals surface area contributed by atoms with Gasteiger partial charge in [0.25, 0.3) is 0 Å². The minimum Gasteiger partial charge on any atom is -0.468 e. The Balaban J connectivity index is 2.50. The Morgan fingerprint density at radius 1 is 1.08 bits per heavy atom. The van der Waals surface area contributed by atoms with Gasteiger partial charge < -0.3 is 25.0 Å². The van der Waals surface area contributed by atoms with Crippen LogP contribution in [-0.2, 0) is 23.9 Å². The molecule has 1 aromatic carbocycles. The van der Waals surface area contributed by atoms with Gasteiger partial charge in [-0.3, -0.25) is 14.4 Å². The van der Waals surface area contributed by atoms with Gasteiger partial charge in [-0.25, -0.2) is 4.79 Å². The minimum absolute atomic E-state index is 0.0975. The second-order valence-corrected chi connectivity index (χ2v) is 11.2. The maximum absolute atomic E-state index is 14.2. The largest absolute Gasteiger partial charge is 0.468 e. The van der Waals surface area contributed by atoms with Gasteiger partial charge in [-0.1, -0.05) is 32.0 Å². The number of ether oxygens (including phenoxy) is 2. The van der Waals surface area contributed by atoms with E-state index in [9.17, 15) is 19.2 Å². The molecule has 0 spiro atoms. The summed E-state index contributed by atoms with van der Waals surface area (Å²) in [4.78, 5) is 53.8. The van der Waals surface area contributed by atoms with E-state index >= 15 is 0 Å². The molecule has 2 atom stereocenters. The van der Waals surface area contributed by atoms with Crippen molar-refractivity contribution in [3.8, 4) is 0 Å². The third kappa shape index (κ3) is 8.76. The predicted octanol–water partition coefficient (Wildman–Crippen LogP) is 3.95. The maximum Gasteiger partial charge on any atom is 0.408 e. The highest BCUT2D eigenvalue weighted by Crippen LogP contribution is 2.34. The predicted molar refractivity (Wildman–Crippen MR) is 141 cm³/mol. The first kappa shape index (κ1) is 30.1. The molecule has 2 rings (SSSR count). The molecule has 0 heterocycles. The van der Waals surface area contributed by atoms with E-state index in [0.717, 1.165) is 30.4 Å². The number of amides is 3. The van der Waals surface area contributed by atoms with Crippen molar-refractivity contribution in [1.82, 2.24) is 15.5 Å². The fourth-order valence-electron chi connectivity index (χ4n) is 4.21.